The van der Waals surface area contributed by atoms with Crippen molar-refractivity contribution in [2.75, 3.05) is 6.54 Å². The summed E-state index contributed by atoms with van der Waals surface area (Å²) in [6.07, 6.45) is 2.65. The van der Waals surface area contributed by atoms with Crippen LogP contribution < -0.4 is 5.73 Å². The Kier molecular flexibility index (Phi) is 2.31. The molecule has 0 aromatic rings. The van der Waals surface area contributed by atoms with E-state index in [4.69, 9.17) is 5.73 Å². The third kappa shape index (κ3) is 1.66. The molecule has 0 radical (unpaired) electrons. The average Bonchev–Trinajstić information content (AvgIpc) is 2.91. The van der Waals surface area contributed by atoms with Crippen LogP contribution in [0.5, 0.6) is 0 Å². The second-order valence-electron chi connectivity index (χ2n) is 4.45. The second kappa shape index (κ2) is 3.35. The zero-order chi connectivity index (χ0) is 10.3. The minimum absolute atomic E-state index is 0.00630. The maximum absolute atomic E-state index is 11.5. The lowest BCUT2D eigenvalue weighted by atomic mass is 10.1. The number of nitrogens with two attached hydrogens (primary N) is 1. The van der Waals surface area contributed by atoms with Gasteiger partial charge in [0.15, 0.2) is 0 Å². The molecule has 4 nitrogen and oxygen atoms in total. The molecule has 2 unspecified atom stereocenters. The largest absolute Gasteiger partial charge is 0.326 e. The van der Waals surface area contributed by atoms with E-state index in [0.717, 1.165) is 12.8 Å². The van der Waals surface area contributed by atoms with Crippen molar-refractivity contribution in [3.63, 3.8) is 0 Å². The van der Waals surface area contributed by atoms with Crippen LogP contribution in [0.4, 0.5) is 0 Å². The third-order valence-electron chi connectivity index (χ3n) is 3.09. The fourth-order valence-electron chi connectivity index (χ4n) is 1.92. The number of imide groups is 1. The van der Waals surface area contributed by atoms with E-state index in [2.05, 4.69) is 0 Å². The highest BCUT2D eigenvalue weighted by Gasteiger charge is 2.38. The summed E-state index contributed by atoms with van der Waals surface area (Å²) in [4.78, 5) is 24.3. The number of amides is 2. The van der Waals surface area contributed by atoms with Crippen molar-refractivity contribution in [3.05, 3.63) is 0 Å². The summed E-state index contributed by atoms with van der Waals surface area (Å²) in [5.41, 5.74) is 5.88. The SMILES string of the molecule is CC1CC(=O)N(CC(N)C2CC2)C1=O. The van der Waals surface area contributed by atoms with Crippen LogP contribution in [0.25, 0.3) is 0 Å². The summed E-state index contributed by atoms with van der Waals surface area (Å²) >= 11 is 0. The predicted molar refractivity (Wildman–Crippen MR) is 51.2 cm³/mol. The van der Waals surface area contributed by atoms with Crippen LogP contribution in [-0.2, 0) is 9.59 Å². The molecule has 0 bridgehead atoms. The molecule has 2 amide bonds. The first-order valence-electron chi connectivity index (χ1n) is 5.19. The number of rotatable bonds is 3. The van der Waals surface area contributed by atoms with E-state index in [0.29, 0.717) is 18.9 Å². The normalized spacial score (nSPS) is 29.9. The summed E-state index contributed by atoms with van der Waals surface area (Å²) < 4.78 is 0. The van der Waals surface area contributed by atoms with Gasteiger partial charge in [0.1, 0.15) is 0 Å². The quantitative estimate of drug-likeness (QED) is 0.652. The van der Waals surface area contributed by atoms with Crippen molar-refractivity contribution >= 4 is 11.8 Å². The number of carbonyl (C=O) groups excluding carboxylic acids is 2. The molecule has 78 valence electrons. The van der Waals surface area contributed by atoms with Gasteiger partial charge in [0.25, 0.3) is 0 Å². The van der Waals surface area contributed by atoms with Crippen LogP contribution in [-0.4, -0.2) is 29.3 Å². The topological polar surface area (TPSA) is 63.4 Å². The predicted octanol–water partition coefficient (Wildman–Crippen LogP) is 0.119. The van der Waals surface area contributed by atoms with E-state index < -0.39 is 0 Å². The van der Waals surface area contributed by atoms with E-state index in [1.807, 2.05) is 0 Å². The molecule has 0 spiro atoms. The molecule has 0 aromatic heterocycles. The second-order valence-corrected chi connectivity index (χ2v) is 4.45. The van der Waals surface area contributed by atoms with Gasteiger partial charge in [-0.3, -0.25) is 14.5 Å². The molecular formula is C10H16N2O2. The third-order valence-corrected chi connectivity index (χ3v) is 3.09. The zero-order valence-corrected chi connectivity index (χ0v) is 8.40. The lowest BCUT2D eigenvalue weighted by Gasteiger charge is -2.19. The summed E-state index contributed by atoms with van der Waals surface area (Å²) in [6.45, 7) is 2.22. The van der Waals surface area contributed by atoms with Crippen molar-refractivity contribution < 1.29 is 9.59 Å². The van der Waals surface area contributed by atoms with Crippen LogP contribution in [0.3, 0.4) is 0 Å². The Morgan fingerprint density at radius 2 is 2.14 bits per heavy atom. The van der Waals surface area contributed by atoms with E-state index in [1.54, 1.807) is 6.92 Å². The molecule has 4 heteroatoms. The van der Waals surface area contributed by atoms with Gasteiger partial charge in [-0.05, 0) is 18.8 Å². The van der Waals surface area contributed by atoms with E-state index in [9.17, 15) is 9.59 Å². The Morgan fingerprint density at radius 3 is 2.57 bits per heavy atom. The van der Waals surface area contributed by atoms with E-state index in [-0.39, 0.29) is 23.8 Å². The number of hydrogen-bond donors (Lipinski definition) is 1. The average molecular weight is 196 g/mol. The highest BCUT2D eigenvalue weighted by molar-refractivity contribution is 6.03. The Labute approximate surface area is 83.4 Å². The molecule has 1 heterocycles. The van der Waals surface area contributed by atoms with Crippen molar-refractivity contribution in [2.24, 2.45) is 17.6 Å². The molecule has 1 saturated carbocycles. The van der Waals surface area contributed by atoms with Gasteiger partial charge in [-0.15, -0.1) is 0 Å². The van der Waals surface area contributed by atoms with Gasteiger partial charge in [-0.25, -0.2) is 0 Å². The molecule has 1 aliphatic carbocycles. The fourth-order valence-corrected chi connectivity index (χ4v) is 1.92. The molecule has 0 aromatic carbocycles. The van der Waals surface area contributed by atoms with Gasteiger partial charge in [-0.1, -0.05) is 6.92 Å². The van der Waals surface area contributed by atoms with Crippen LogP contribution in [0.1, 0.15) is 26.2 Å². The minimum atomic E-state index is -0.145. The zero-order valence-electron chi connectivity index (χ0n) is 8.40. The first kappa shape index (κ1) is 9.65. The molecule has 2 aliphatic rings. The van der Waals surface area contributed by atoms with Crippen molar-refractivity contribution in [1.82, 2.24) is 4.90 Å². The summed E-state index contributed by atoms with van der Waals surface area (Å²) in [5.74, 6) is 0.283. The number of nitrogens with zero attached hydrogens (tertiary/aromatic N) is 1. The number of hydrogen-bond acceptors (Lipinski definition) is 3. The first-order valence-corrected chi connectivity index (χ1v) is 5.19. The summed E-state index contributed by atoms with van der Waals surface area (Å²) in [5, 5.41) is 0. The van der Waals surface area contributed by atoms with Crippen LogP contribution in [0.2, 0.25) is 0 Å². The summed E-state index contributed by atoms with van der Waals surface area (Å²) in [6, 6.07) is -0.00630. The van der Waals surface area contributed by atoms with Gasteiger partial charge < -0.3 is 5.73 Å². The Balaban J connectivity index is 1.96. The van der Waals surface area contributed by atoms with E-state index >= 15 is 0 Å². The van der Waals surface area contributed by atoms with Gasteiger partial charge >= 0.3 is 0 Å². The monoisotopic (exact) mass is 196 g/mol. The highest BCUT2D eigenvalue weighted by Crippen LogP contribution is 2.32. The summed E-state index contributed by atoms with van der Waals surface area (Å²) in [7, 11) is 0. The van der Waals surface area contributed by atoms with Gasteiger partial charge in [0.05, 0.1) is 0 Å². The fraction of sp³-hybridized carbons (Fsp3) is 0.800. The molecule has 2 atom stereocenters. The van der Waals surface area contributed by atoms with Crippen LogP contribution in [0.15, 0.2) is 0 Å². The lowest BCUT2D eigenvalue weighted by Crippen LogP contribution is -2.42. The molecule has 2 rings (SSSR count). The number of carbonyl (C=O) groups is 2. The van der Waals surface area contributed by atoms with Crippen LogP contribution >= 0.6 is 0 Å². The standard InChI is InChI=1S/C10H16N2O2/c1-6-4-9(13)12(10(6)14)5-8(11)7-2-3-7/h6-8H,2-5,11H2,1H3. The van der Waals surface area contributed by atoms with E-state index in [1.165, 1.54) is 4.90 Å². The van der Waals surface area contributed by atoms with Gasteiger partial charge in [-0.2, -0.15) is 0 Å². The molecule has 1 saturated heterocycles. The molecule has 1 aliphatic heterocycles. The Bertz CT molecular complexity index is 273. The minimum Gasteiger partial charge on any atom is -0.326 e. The molecule has 14 heavy (non-hydrogen) atoms. The first-order chi connectivity index (χ1) is 6.59. The maximum Gasteiger partial charge on any atom is 0.232 e. The molecule has 2 N–H and O–H groups in total. The maximum atomic E-state index is 11.5. The Hall–Kier alpha value is -0.900. The smallest absolute Gasteiger partial charge is 0.232 e. The van der Waals surface area contributed by atoms with Crippen molar-refractivity contribution in [3.8, 4) is 0 Å². The highest BCUT2D eigenvalue weighted by atomic mass is 16.2. The van der Waals surface area contributed by atoms with Gasteiger partial charge in [0, 0.05) is 24.9 Å². The van der Waals surface area contributed by atoms with Crippen molar-refractivity contribution in [1.29, 1.82) is 0 Å². The molecule has 2 fully saturated rings. The van der Waals surface area contributed by atoms with Gasteiger partial charge in [0.2, 0.25) is 11.8 Å². The van der Waals surface area contributed by atoms with Crippen molar-refractivity contribution in [2.45, 2.75) is 32.2 Å². The molecular weight excluding hydrogens is 180 g/mol. The van der Waals surface area contributed by atoms with Crippen LogP contribution in [0, 0.1) is 11.8 Å². The lowest BCUT2D eigenvalue weighted by molar-refractivity contribution is -0.139. The Morgan fingerprint density at radius 1 is 1.50 bits per heavy atom. The number of likely N-dealkylation sites (tertiary alicyclic amines) is 1.